The third-order valence-corrected chi connectivity index (χ3v) is 2.60. The number of carboxylic acids is 1. The molecule has 20 heavy (non-hydrogen) atoms. The van der Waals surface area contributed by atoms with E-state index in [4.69, 9.17) is 14.3 Å². The van der Waals surface area contributed by atoms with Gasteiger partial charge in [-0.2, -0.15) is 0 Å². The summed E-state index contributed by atoms with van der Waals surface area (Å²) in [5, 5.41) is 11.7. The van der Waals surface area contributed by atoms with E-state index in [-0.39, 0.29) is 17.9 Å². The number of anilines is 1. The van der Waals surface area contributed by atoms with Crippen molar-refractivity contribution >= 4 is 11.7 Å². The van der Waals surface area contributed by atoms with Crippen molar-refractivity contribution in [1.29, 1.82) is 0 Å². The minimum atomic E-state index is -1.05. The van der Waals surface area contributed by atoms with E-state index >= 15 is 0 Å². The van der Waals surface area contributed by atoms with Crippen LogP contribution in [0.1, 0.15) is 23.0 Å². The molecule has 1 aromatic carbocycles. The summed E-state index contributed by atoms with van der Waals surface area (Å²) in [6.45, 7) is 2.44. The van der Waals surface area contributed by atoms with Crippen LogP contribution in [0.2, 0.25) is 0 Å². The number of rotatable bonds is 6. The molecule has 0 atom stereocenters. The van der Waals surface area contributed by atoms with E-state index in [1.165, 1.54) is 18.2 Å². The minimum Gasteiger partial charge on any atom is -0.491 e. The summed E-state index contributed by atoms with van der Waals surface area (Å²) in [6.07, 6.45) is 1.16. The highest BCUT2D eigenvalue weighted by atomic mass is 19.1. The first kappa shape index (κ1) is 13.9. The van der Waals surface area contributed by atoms with Crippen molar-refractivity contribution in [3.63, 3.8) is 0 Å². The van der Waals surface area contributed by atoms with E-state index in [9.17, 15) is 9.18 Å². The number of halogens is 1. The molecule has 5 nitrogen and oxygen atoms in total. The predicted molar refractivity (Wildman–Crippen MR) is 70.6 cm³/mol. The molecule has 0 radical (unpaired) electrons. The number of carbonyl (C=O) groups is 1. The van der Waals surface area contributed by atoms with Gasteiger partial charge in [-0.3, -0.25) is 0 Å². The second-order valence-corrected chi connectivity index (χ2v) is 4.04. The van der Waals surface area contributed by atoms with Crippen LogP contribution in [0.3, 0.4) is 0 Å². The molecule has 0 fully saturated rings. The summed E-state index contributed by atoms with van der Waals surface area (Å²) >= 11 is 0. The minimum absolute atomic E-state index is 0.0830. The Kier molecular flexibility index (Phi) is 4.24. The third-order valence-electron chi connectivity index (χ3n) is 2.60. The lowest BCUT2D eigenvalue weighted by molar-refractivity contribution is 0.0696. The highest BCUT2D eigenvalue weighted by molar-refractivity contribution is 5.87. The molecule has 2 aromatic rings. The molecule has 0 saturated carbocycles. The van der Waals surface area contributed by atoms with E-state index in [2.05, 4.69) is 5.32 Å². The number of hydrogen-bond donors (Lipinski definition) is 2. The summed E-state index contributed by atoms with van der Waals surface area (Å²) in [4.78, 5) is 10.7. The molecule has 6 heteroatoms. The molecule has 1 aromatic heterocycles. The maximum Gasteiger partial charge on any atom is 0.338 e. The van der Waals surface area contributed by atoms with Crippen LogP contribution < -0.4 is 10.1 Å². The van der Waals surface area contributed by atoms with Crippen LogP contribution in [0, 0.1) is 5.82 Å². The quantitative estimate of drug-likeness (QED) is 0.850. The molecule has 0 unspecified atom stereocenters. The number of aromatic carboxylic acids is 1. The van der Waals surface area contributed by atoms with Crippen LogP contribution >= 0.6 is 0 Å². The molecule has 1 heterocycles. The maximum absolute atomic E-state index is 13.6. The molecule has 0 aliphatic carbocycles. The average molecular weight is 279 g/mol. The summed E-state index contributed by atoms with van der Waals surface area (Å²) in [5.41, 5.74) is 0.638. The Balaban J connectivity index is 1.99. The molecule has 0 bridgehead atoms. The average Bonchev–Trinajstić information content (AvgIpc) is 2.88. The summed E-state index contributed by atoms with van der Waals surface area (Å²) in [5.74, 6) is -0.851. The van der Waals surface area contributed by atoms with Crippen molar-refractivity contribution < 1.29 is 23.4 Å². The normalized spacial score (nSPS) is 10.3. The molecule has 106 valence electrons. The zero-order chi connectivity index (χ0) is 14.5. The van der Waals surface area contributed by atoms with Crippen molar-refractivity contribution in [2.75, 3.05) is 11.9 Å². The van der Waals surface area contributed by atoms with Gasteiger partial charge in [0.1, 0.15) is 12.0 Å². The van der Waals surface area contributed by atoms with Gasteiger partial charge in [0.15, 0.2) is 11.6 Å². The Morgan fingerprint density at radius 1 is 1.45 bits per heavy atom. The highest BCUT2D eigenvalue weighted by Gasteiger charge is 2.08. The standard InChI is InChI=1S/C14H14FNO4/c1-2-19-13-4-3-10(6-12(13)15)16-7-11-5-9(8-20-11)14(17)18/h3-6,8,16H,2,7H2,1H3,(H,17,18). The van der Waals surface area contributed by atoms with Crippen molar-refractivity contribution in [2.24, 2.45) is 0 Å². The zero-order valence-electron chi connectivity index (χ0n) is 10.9. The van der Waals surface area contributed by atoms with Gasteiger partial charge < -0.3 is 19.6 Å². The van der Waals surface area contributed by atoms with Crippen molar-refractivity contribution in [3.05, 3.63) is 47.7 Å². The monoisotopic (exact) mass is 279 g/mol. The van der Waals surface area contributed by atoms with Gasteiger partial charge in [0.05, 0.1) is 18.7 Å². The first-order chi connectivity index (χ1) is 9.60. The van der Waals surface area contributed by atoms with Crippen LogP contribution in [0.4, 0.5) is 10.1 Å². The third kappa shape index (κ3) is 3.28. The summed E-state index contributed by atoms with van der Waals surface area (Å²) in [7, 11) is 0. The maximum atomic E-state index is 13.6. The highest BCUT2D eigenvalue weighted by Crippen LogP contribution is 2.21. The predicted octanol–water partition coefficient (Wildman–Crippen LogP) is 3.13. The molecule has 2 rings (SSSR count). The Labute approximate surface area is 115 Å². The van der Waals surface area contributed by atoms with Gasteiger partial charge >= 0.3 is 5.97 Å². The number of carboxylic acid groups (broad SMARTS) is 1. The molecule has 0 amide bonds. The van der Waals surface area contributed by atoms with Crippen LogP contribution in [-0.2, 0) is 6.54 Å². The summed E-state index contributed by atoms with van der Waals surface area (Å²) in [6, 6.07) is 5.94. The molecule has 0 aliphatic heterocycles. The van der Waals surface area contributed by atoms with Gasteiger partial charge in [-0.05, 0) is 25.1 Å². The van der Waals surface area contributed by atoms with Crippen molar-refractivity contribution in [3.8, 4) is 5.75 Å². The summed E-state index contributed by atoms with van der Waals surface area (Å²) < 4.78 is 23.8. The molecule has 0 spiro atoms. The van der Waals surface area contributed by atoms with Gasteiger partial charge in [-0.25, -0.2) is 9.18 Å². The SMILES string of the molecule is CCOc1ccc(NCc2cc(C(=O)O)co2)cc1F. The molecule has 2 N–H and O–H groups in total. The molecular formula is C14H14FNO4. The van der Waals surface area contributed by atoms with E-state index in [0.717, 1.165) is 6.26 Å². The van der Waals surface area contributed by atoms with Crippen LogP contribution in [0.25, 0.3) is 0 Å². The number of furan rings is 1. The Morgan fingerprint density at radius 3 is 2.85 bits per heavy atom. The molecule has 0 aliphatic rings. The lowest BCUT2D eigenvalue weighted by Gasteiger charge is -2.08. The lowest BCUT2D eigenvalue weighted by atomic mass is 10.2. The van der Waals surface area contributed by atoms with Gasteiger partial charge in [0.2, 0.25) is 0 Å². The van der Waals surface area contributed by atoms with E-state index in [1.54, 1.807) is 13.0 Å². The number of nitrogens with one attached hydrogen (secondary N) is 1. The number of hydrogen-bond acceptors (Lipinski definition) is 4. The second-order valence-electron chi connectivity index (χ2n) is 4.04. The fourth-order valence-corrected chi connectivity index (χ4v) is 1.66. The smallest absolute Gasteiger partial charge is 0.338 e. The second kappa shape index (κ2) is 6.10. The van der Waals surface area contributed by atoms with Gasteiger partial charge in [0, 0.05) is 11.8 Å². The number of ether oxygens (including phenoxy) is 1. The zero-order valence-corrected chi connectivity index (χ0v) is 10.9. The van der Waals surface area contributed by atoms with E-state index in [1.807, 2.05) is 0 Å². The van der Waals surface area contributed by atoms with Gasteiger partial charge in [0.25, 0.3) is 0 Å². The largest absolute Gasteiger partial charge is 0.491 e. The molecule has 0 saturated heterocycles. The Hall–Kier alpha value is -2.50. The van der Waals surface area contributed by atoms with Crippen LogP contribution in [-0.4, -0.2) is 17.7 Å². The van der Waals surface area contributed by atoms with E-state index in [0.29, 0.717) is 18.1 Å². The lowest BCUT2D eigenvalue weighted by Crippen LogP contribution is -2.00. The van der Waals surface area contributed by atoms with Gasteiger partial charge in [-0.1, -0.05) is 0 Å². The topological polar surface area (TPSA) is 71.7 Å². The Morgan fingerprint density at radius 2 is 2.25 bits per heavy atom. The number of benzene rings is 1. The fraction of sp³-hybridized carbons (Fsp3) is 0.214. The van der Waals surface area contributed by atoms with Crippen LogP contribution in [0.15, 0.2) is 34.9 Å². The first-order valence-electron chi connectivity index (χ1n) is 6.07. The van der Waals surface area contributed by atoms with E-state index < -0.39 is 11.8 Å². The van der Waals surface area contributed by atoms with Crippen LogP contribution in [0.5, 0.6) is 5.75 Å². The van der Waals surface area contributed by atoms with Crippen molar-refractivity contribution in [1.82, 2.24) is 0 Å². The molecular weight excluding hydrogens is 265 g/mol. The first-order valence-corrected chi connectivity index (χ1v) is 6.07. The van der Waals surface area contributed by atoms with Gasteiger partial charge in [-0.15, -0.1) is 0 Å². The van der Waals surface area contributed by atoms with Crippen molar-refractivity contribution in [2.45, 2.75) is 13.5 Å². The Bertz CT molecular complexity index is 609. The fourth-order valence-electron chi connectivity index (χ4n) is 1.66.